The van der Waals surface area contributed by atoms with Crippen LogP contribution in [-0.2, 0) is 11.8 Å². The molecule has 0 aromatic carbocycles. The Balaban J connectivity index is 1.45. The Hall–Kier alpha value is -3.68. The van der Waals surface area contributed by atoms with E-state index in [-0.39, 0.29) is 34.8 Å². The first-order valence-corrected chi connectivity index (χ1v) is 10.9. The van der Waals surface area contributed by atoms with Gasteiger partial charge in [-0.3, -0.25) is 14.4 Å². The number of carbonyl (C=O) groups excluding carboxylic acids is 2. The third kappa shape index (κ3) is 3.62. The molecular formula is C24H25N5O3. The number of H-pyrrole nitrogens is 1. The van der Waals surface area contributed by atoms with Gasteiger partial charge >= 0.3 is 0 Å². The first kappa shape index (κ1) is 20.2. The number of hydrogen-bond acceptors (Lipinski definition) is 4. The number of fused-ring (bicyclic) bond motifs is 1. The largest absolute Gasteiger partial charge is 0.346 e. The molecule has 2 N–H and O–H groups in total. The summed E-state index contributed by atoms with van der Waals surface area (Å²) in [4.78, 5) is 47.0. The van der Waals surface area contributed by atoms with Crippen LogP contribution in [0.15, 0.2) is 47.5 Å². The van der Waals surface area contributed by atoms with Crippen molar-refractivity contribution in [2.45, 2.75) is 19.8 Å². The second-order valence-corrected chi connectivity index (χ2v) is 8.67. The summed E-state index contributed by atoms with van der Waals surface area (Å²) in [5.41, 5.74) is 2.70. The highest BCUT2D eigenvalue weighted by molar-refractivity contribution is 5.98. The molecule has 3 aromatic heterocycles. The molecule has 1 fully saturated rings. The fourth-order valence-electron chi connectivity index (χ4n) is 4.30. The van der Waals surface area contributed by atoms with E-state index in [9.17, 15) is 14.4 Å². The Kier molecular flexibility index (Phi) is 4.92. The Morgan fingerprint density at radius 3 is 2.81 bits per heavy atom. The van der Waals surface area contributed by atoms with Crippen molar-refractivity contribution in [1.82, 2.24) is 19.4 Å². The van der Waals surface area contributed by atoms with Gasteiger partial charge in [0.15, 0.2) is 0 Å². The number of aromatic amines is 1. The quantitative estimate of drug-likeness (QED) is 0.663. The maximum Gasteiger partial charge on any atom is 0.263 e. The predicted octanol–water partition coefficient (Wildman–Crippen LogP) is 2.79. The molecule has 0 saturated heterocycles. The summed E-state index contributed by atoms with van der Waals surface area (Å²) in [5, 5.41) is 3.92. The van der Waals surface area contributed by atoms with E-state index in [1.54, 1.807) is 30.3 Å². The Labute approximate surface area is 185 Å². The molecule has 4 heterocycles. The van der Waals surface area contributed by atoms with Gasteiger partial charge in [-0.2, -0.15) is 0 Å². The van der Waals surface area contributed by atoms with E-state index in [0.717, 1.165) is 29.4 Å². The van der Waals surface area contributed by atoms with Crippen molar-refractivity contribution in [2.24, 2.45) is 18.9 Å². The molecule has 3 aromatic rings. The number of carbonyl (C=O) groups is 2. The zero-order valence-corrected chi connectivity index (χ0v) is 18.1. The number of aromatic nitrogens is 3. The van der Waals surface area contributed by atoms with Crippen LogP contribution in [0.2, 0.25) is 0 Å². The van der Waals surface area contributed by atoms with Crippen LogP contribution in [-0.4, -0.2) is 44.3 Å². The highest BCUT2D eigenvalue weighted by atomic mass is 16.2. The standard InChI is InChI=1S/C24H25N5O3/c1-14-13-29(24(32)18-4-3-10-28(2)23(18)31)11-8-16(14)19-12-20(27-22(30)15-5-6-15)26-21-17(19)7-9-25-21/h3-4,7-10,12,14-15H,5-6,11,13H2,1-2H3,(H2,25,26,27,30). The second-order valence-electron chi connectivity index (χ2n) is 8.67. The summed E-state index contributed by atoms with van der Waals surface area (Å²) < 4.78 is 1.42. The zero-order valence-electron chi connectivity index (χ0n) is 18.1. The van der Waals surface area contributed by atoms with E-state index in [0.29, 0.717) is 24.6 Å². The van der Waals surface area contributed by atoms with Crippen LogP contribution in [0.25, 0.3) is 16.6 Å². The molecule has 8 nitrogen and oxygen atoms in total. The van der Waals surface area contributed by atoms with E-state index in [4.69, 9.17) is 0 Å². The number of amides is 2. The van der Waals surface area contributed by atoms with Crippen molar-refractivity contribution in [3.05, 3.63) is 64.2 Å². The van der Waals surface area contributed by atoms with Crippen LogP contribution in [0.5, 0.6) is 0 Å². The van der Waals surface area contributed by atoms with E-state index < -0.39 is 0 Å². The van der Waals surface area contributed by atoms with Crippen LogP contribution < -0.4 is 10.9 Å². The molecular weight excluding hydrogens is 406 g/mol. The lowest BCUT2D eigenvalue weighted by molar-refractivity contribution is -0.117. The third-order valence-corrected chi connectivity index (χ3v) is 6.24. The van der Waals surface area contributed by atoms with Gasteiger partial charge in [-0.15, -0.1) is 0 Å². The average molecular weight is 431 g/mol. The minimum absolute atomic E-state index is 0.0150. The monoisotopic (exact) mass is 431 g/mol. The molecule has 5 rings (SSSR count). The van der Waals surface area contributed by atoms with Crippen molar-refractivity contribution in [3.8, 4) is 0 Å². The van der Waals surface area contributed by atoms with Crippen molar-refractivity contribution < 1.29 is 9.59 Å². The van der Waals surface area contributed by atoms with Gasteiger partial charge in [-0.05, 0) is 54.2 Å². The van der Waals surface area contributed by atoms with Crippen LogP contribution in [0.1, 0.15) is 35.7 Å². The van der Waals surface area contributed by atoms with Gasteiger partial charge in [0, 0.05) is 43.8 Å². The highest BCUT2D eigenvalue weighted by Gasteiger charge is 2.31. The Morgan fingerprint density at radius 1 is 1.25 bits per heavy atom. The molecule has 1 atom stereocenters. The maximum absolute atomic E-state index is 13.0. The van der Waals surface area contributed by atoms with E-state index in [1.807, 2.05) is 24.4 Å². The van der Waals surface area contributed by atoms with E-state index in [2.05, 4.69) is 22.2 Å². The zero-order chi connectivity index (χ0) is 22.4. The third-order valence-electron chi connectivity index (χ3n) is 6.24. The lowest BCUT2D eigenvalue weighted by Gasteiger charge is -2.31. The molecule has 2 aliphatic rings. The first-order chi connectivity index (χ1) is 15.4. The summed E-state index contributed by atoms with van der Waals surface area (Å²) in [6, 6.07) is 7.18. The molecule has 164 valence electrons. The number of hydrogen-bond donors (Lipinski definition) is 2. The number of aryl methyl sites for hydroxylation is 1. The minimum atomic E-state index is -0.292. The van der Waals surface area contributed by atoms with Gasteiger partial charge in [0.2, 0.25) is 5.91 Å². The van der Waals surface area contributed by atoms with Gasteiger partial charge in [0.05, 0.1) is 0 Å². The molecule has 0 bridgehead atoms. The van der Waals surface area contributed by atoms with Gasteiger partial charge in [-0.25, -0.2) is 4.98 Å². The normalized spacial score (nSPS) is 18.5. The van der Waals surface area contributed by atoms with E-state index in [1.165, 1.54) is 4.57 Å². The van der Waals surface area contributed by atoms with Crippen molar-refractivity contribution in [2.75, 3.05) is 18.4 Å². The molecule has 2 amide bonds. The summed E-state index contributed by atoms with van der Waals surface area (Å²) in [6.07, 6.45) is 7.37. The van der Waals surface area contributed by atoms with Gasteiger partial charge in [0.25, 0.3) is 11.5 Å². The van der Waals surface area contributed by atoms with Crippen molar-refractivity contribution >= 4 is 34.2 Å². The van der Waals surface area contributed by atoms with Gasteiger partial charge < -0.3 is 19.8 Å². The summed E-state index contributed by atoms with van der Waals surface area (Å²) in [7, 11) is 1.64. The molecule has 1 aliphatic heterocycles. The molecule has 0 radical (unpaired) electrons. The Morgan fingerprint density at radius 2 is 2.06 bits per heavy atom. The van der Waals surface area contributed by atoms with Crippen LogP contribution >= 0.6 is 0 Å². The molecule has 1 unspecified atom stereocenters. The predicted molar refractivity (Wildman–Crippen MR) is 122 cm³/mol. The topological polar surface area (TPSA) is 100 Å². The van der Waals surface area contributed by atoms with E-state index >= 15 is 0 Å². The van der Waals surface area contributed by atoms with Crippen molar-refractivity contribution in [3.63, 3.8) is 0 Å². The fraction of sp³-hybridized carbons (Fsp3) is 0.333. The SMILES string of the molecule is CC1CN(C(=O)c2cccn(C)c2=O)CC=C1c1cc(NC(=O)C2CC2)nc2[nH]ccc12. The molecule has 8 heteroatoms. The number of nitrogens with zero attached hydrogens (tertiary/aromatic N) is 3. The highest BCUT2D eigenvalue weighted by Crippen LogP contribution is 2.35. The number of rotatable bonds is 4. The number of nitrogens with one attached hydrogen (secondary N) is 2. The Bertz CT molecular complexity index is 1310. The van der Waals surface area contributed by atoms with Crippen LogP contribution in [0.3, 0.4) is 0 Å². The lowest BCUT2D eigenvalue weighted by Crippen LogP contribution is -2.41. The molecule has 1 aliphatic carbocycles. The first-order valence-electron chi connectivity index (χ1n) is 10.9. The number of anilines is 1. The van der Waals surface area contributed by atoms with Gasteiger partial charge in [0.1, 0.15) is 17.0 Å². The van der Waals surface area contributed by atoms with Crippen LogP contribution in [0, 0.1) is 11.8 Å². The summed E-state index contributed by atoms with van der Waals surface area (Å²) in [6.45, 7) is 2.98. The lowest BCUT2D eigenvalue weighted by atomic mass is 9.89. The fourth-order valence-corrected chi connectivity index (χ4v) is 4.30. The molecule has 32 heavy (non-hydrogen) atoms. The minimum Gasteiger partial charge on any atom is -0.346 e. The molecule has 0 spiro atoms. The smallest absolute Gasteiger partial charge is 0.263 e. The molecule has 1 saturated carbocycles. The summed E-state index contributed by atoms with van der Waals surface area (Å²) in [5.74, 6) is 0.435. The summed E-state index contributed by atoms with van der Waals surface area (Å²) >= 11 is 0. The number of pyridine rings is 2. The second kappa shape index (κ2) is 7.78. The maximum atomic E-state index is 13.0. The van der Waals surface area contributed by atoms with Crippen LogP contribution in [0.4, 0.5) is 5.82 Å². The van der Waals surface area contributed by atoms with Gasteiger partial charge in [-0.1, -0.05) is 13.0 Å². The van der Waals surface area contributed by atoms with Crippen molar-refractivity contribution in [1.29, 1.82) is 0 Å². The average Bonchev–Trinajstić information content (AvgIpc) is 3.53.